The average Bonchev–Trinajstić information content (AvgIpc) is 2.84. The maximum Gasteiger partial charge on any atom is 0.349 e. The summed E-state index contributed by atoms with van der Waals surface area (Å²) in [6.07, 6.45) is 1.92. The topological polar surface area (TPSA) is 138 Å². The van der Waals surface area contributed by atoms with Crippen molar-refractivity contribution in [1.82, 2.24) is 10.6 Å². The van der Waals surface area contributed by atoms with Crippen LogP contribution in [0.1, 0.15) is 62.9 Å². The highest BCUT2D eigenvalue weighted by molar-refractivity contribution is 5.97. The van der Waals surface area contributed by atoms with E-state index in [0.29, 0.717) is 37.8 Å². The van der Waals surface area contributed by atoms with E-state index in [4.69, 9.17) is 9.15 Å². The lowest BCUT2D eigenvalue weighted by Crippen LogP contribution is -2.46. The van der Waals surface area contributed by atoms with Crippen molar-refractivity contribution < 1.29 is 29.0 Å². The summed E-state index contributed by atoms with van der Waals surface area (Å²) in [6, 6.07) is 12.7. The van der Waals surface area contributed by atoms with E-state index in [0.717, 1.165) is 5.56 Å². The van der Waals surface area contributed by atoms with Crippen LogP contribution in [-0.2, 0) is 16.0 Å². The molecule has 0 saturated carbocycles. The van der Waals surface area contributed by atoms with Crippen molar-refractivity contribution in [3.8, 4) is 11.5 Å². The fraction of sp³-hybridized carbons (Fsp3) is 0.414. The average molecular weight is 525 g/mol. The van der Waals surface area contributed by atoms with Crippen molar-refractivity contribution in [2.24, 2.45) is 0 Å². The molecular formula is C29H36N2O7. The minimum Gasteiger partial charge on any atom is -0.508 e. The lowest BCUT2D eigenvalue weighted by atomic mass is 9.97. The first-order chi connectivity index (χ1) is 17.9. The minimum absolute atomic E-state index is 0.0374. The molecule has 0 radical (unpaired) electrons. The number of carbonyl (C=O) groups is 2. The van der Waals surface area contributed by atoms with E-state index >= 15 is 0 Å². The first kappa shape index (κ1) is 28.7. The van der Waals surface area contributed by atoms with E-state index in [1.54, 1.807) is 18.2 Å². The molecular weight excluding hydrogens is 488 g/mol. The van der Waals surface area contributed by atoms with Crippen molar-refractivity contribution in [3.63, 3.8) is 0 Å². The Kier molecular flexibility index (Phi) is 9.17. The number of amides is 2. The van der Waals surface area contributed by atoms with Crippen LogP contribution in [-0.4, -0.2) is 46.3 Å². The molecule has 0 fully saturated rings. The summed E-state index contributed by atoms with van der Waals surface area (Å²) in [4.78, 5) is 37.7. The van der Waals surface area contributed by atoms with Crippen LogP contribution in [0.2, 0.25) is 0 Å². The van der Waals surface area contributed by atoms with Gasteiger partial charge in [-0.3, -0.25) is 9.59 Å². The summed E-state index contributed by atoms with van der Waals surface area (Å²) < 4.78 is 11.3. The normalized spacial score (nSPS) is 13.2. The zero-order valence-corrected chi connectivity index (χ0v) is 22.3. The van der Waals surface area contributed by atoms with Gasteiger partial charge in [-0.15, -0.1) is 0 Å². The van der Waals surface area contributed by atoms with Gasteiger partial charge in [0.2, 0.25) is 5.91 Å². The Morgan fingerprint density at radius 1 is 1.00 bits per heavy atom. The molecule has 0 saturated heterocycles. The second-order valence-corrected chi connectivity index (χ2v) is 10.4. The Bertz CT molecular complexity index is 1330. The summed E-state index contributed by atoms with van der Waals surface area (Å²) in [7, 11) is 0. The number of fused-ring (bicyclic) bond motifs is 1. The predicted molar refractivity (Wildman–Crippen MR) is 144 cm³/mol. The number of phenols is 2. The van der Waals surface area contributed by atoms with Gasteiger partial charge in [0.15, 0.2) is 0 Å². The third-order valence-electron chi connectivity index (χ3n) is 6.55. The molecule has 0 spiro atoms. The quantitative estimate of drug-likeness (QED) is 0.262. The van der Waals surface area contributed by atoms with Crippen molar-refractivity contribution >= 4 is 22.8 Å². The lowest BCUT2D eigenvalue weighted by Gasteiger charge is -2.31. The third kappa shape index (κ3) is 8.08. The maximum atomic E-state index is 12.8. The van der Waals surface area contributed by atoms with Crippen molar-refractivity contribution in [3.05, 3.63) is 70.1 Å². The number of benzene rings is 2. The Balaban J connectivity index is 1.49. The molecule has 204 valence electrons. The lowest BCUT2D eigenvalue weighted by molar-refractivity contribution is -0.129. The number of rotatable bonds is 12. The third-order valence-corrected chi connectivity index (χ3v) is 6.55. The number of phenolic OH excluding ortho intramolecular Hbond substituents is 2. The summed E-state index contributed by atoms with van der Waals surface area (Å²) in [5.74, 6) is -0.510. The van der Waals surface area contributed by atoms with E-state index in [9.17, 15) is 24.6 Å². The molecule has 9 nitrogen and oxygen atoms in total. The highest BCUT2D eigenvalue weighted by Crippen LogP contribution is 2.23. The molecule has 1 heterocycles. The van der Waals surface area contributed by atoms with Gasteiger partial charge in [0.1, 0.15) is 22.6 Å². The summed E-state index contributed by atoms with van der Waals surface area (Å²) in [5, 5.41) is 25.2. The van der Waals surface area contributed by atoms with Crippen LogP contribution in [0.25, 0.3) is 11.0 Å². The van der Waals surface area contributed by atoms with Crippen LogP contribution in [0.5, 0.6) is 11.5 Å². The Morgan fingerprint density at radius 2 is 1.68 bits per heavy atom. The zero-order chi connectivity index (χ0) is 27.9. The van der Waals surface area contributed by atoms with Crippen LogP contribution < -0.4 is 16.3 Å². The zero-order valence-electron chi connectivity index (χ0n) is 22.3. The highest BCUT2D eigenvalue weighted by atomic mass is 16.5. The molecule has 0 bridgehead atoms. The molecule has 38 heavy (non-hydrogen) atoms. The van der Waals surface area contributed by atoms with Crippen molar-refractivity contribution in [2.45, 2.75) is 64.5 Å². The summed E-state index contributed by atoms with van der Waals surface area (Å²) in [6.45, 7) is 8.27. The van der Waals surface area contributed by atoms with E-state index in [1.165, 1.54) is 18.2 Å². The number of hydrogen-bond donors (Lipinski definition) is 4. The van der Waals surface area contributed by atoms with Gasteiger partial charge in [0.25, 0.3) is 5.91 Å². The largest absolute Gasteiger partial charge is 0.508 e. The number of nitrogens with one attached hydrogen (secondary N) is 2. The maximum absolute atomic E-state index is 12.8. The van der Waals surface area contributed by atoms with Gasteiger partial charge in [-0.2, -0.15) is 0 Å². The fourth-order valence-electron chi connectivity index (χ4n) is 3.94. The fourth-order valence-corrected chi connectivity index (χ4v) is 3.94. The minimum atomic E-state index is -0.789. The molecule has 0 aliphatic carbocycles. The standard InChI is InChI=1S/C29H36N2O7/c1-5-29(4,18-25(34)30-14-12-19-6-9-21(32)10-7-19)37-15-13-28(2,3)31-26(35)23-16-20-8-11-22(33)17-24(20)38-27(23)36/h6-11,16-17,32-33H,5,12-15,18H2,1-4H3,(H,30,34)(H,31,35). The first-order valence-electron chi connectivity index (χ1n) is 12.7. The second kappa shape index (κ2) is 12.1. The van der Waals surface area contributed by atoms with Crippen LogP contribution in [0.3, 0.4) is 0 Å². The number of carbonyl (C=O) groups excluding carboxylic acids is 2. The van der Waals surface area contributed by atoms with E-state index in [1.807, 2.05) is 39.8 Å². The predicted octanol–water partition coefficient (Wildman–Crippen LogP) is 4.04. The van der Waals surface area contributed by atoms with Crippen LogP contribution in [0, 0.1) is 0 Å². The Morgan fingerprint density at radius 3 is 2.37 bits per heavy atom. The van der Waals surface area contributed by atoms with Gasteiger partial charge in [-0.1, -0.05) is 19.1 Å². The van der Waals surface area contributed by atoms with Crippen LogP contribution >= 0.6 is 0 Å². The van der Waals surface area contributed by atoms with Gasteiger partial charge in [-0.25, -0.2) is 4.79 Å². The van der Waals surface area contributed by atoms with Crippen molar-refractivity contribution in [2.75, 3.05) is 13.2 Å². The van der Waals surface area contributed by atoms with Crippen molar-refractivity contribution in [1.29, 1.82) is 0 Å². The van der Waals surface area contributed by atoms with E-state index < -0.39 is 22.7 Å². The van der Waals surface area contributed by atoms with Gasteiger partial charge < -0.3 is 30.0 Å². The molecule has 1 unspecified atom stereocenters. The van der Waals surface area contributed by atoms with Crippen LogP contribution in [0.4, 0.5) is 0 Å². The number of aromatic hydroxyl groups is 2. The molecule has 0 aliphatic heterocycles. The number of hydrogen-bond acceptors (Lipinski definition) is 7. The molecule has 3 rings (SSSR count). The Hall–Kier alpha value is -3.85. The first-order valence-corrected chi connectivity index (χ1v) is 12.7. The number of ether oxygens (including phenoxy) is 1. The molecule has 1 atom stereocenters. The van der Waals surface area contributed by atoms with E-state index in [-0.39, 0.29) is 35.0 Å². The highest BCUT2D eigenvalue weighted by Gasteiger charge is 2.29. The Labute approximate surface area is 221 Å². The molecule has 1 aromatic heterocycles. The SMILES string of the molecule is CCC(C)(CC(=O)NCCc1ccc(O)cc1)OCCC(C)(C)NC(=O)c1cc2ccc(O)cc2oc1=O. The molecule has 2 aromatic carbocycles. The smallest absolute Gasteiger partial charge is 0.349 e. The molecule has 9 heteroatoms. The second-order valence-electron chi connectivity index (χ2n) is 10.4. The van der Waals surface area contributed by atoms with Gasteiger partial charge >= 0.3 is 5.63 Å². The van der Waals surface area contributed by atoms with Gasteiger partial charge in [-0.05, 0) is 75.9 Å². The molecule has 0 aliphatic rings. The molecule has 3 aromatic rings. The van der Waals surface area contributed by atoms with Crippen LogP contribution in [0.15, 0.2) is 57.7 Å². The van der Waals surface area contributed by atoms with Gasteiger partial charge in [0, 0.05) is 30.1 Å². The van der Waals surface area contributed by atoms with Gasteiger partial charge in [0.05, 0.1) is 12.0 Å². The summed E-state index contributed by atoms with van der Waals surface area (Å²) in [5.41, 5.74) is -1.07. The molecule has 2 amide bonds. The monoisotopic (exact) mass is 524 g/mol. The summed E-state index contributed by atoms with van der Waals surface area (Å²) >= 11 is 0. The van der Waals surface area contributed by atoms with E-state index in [2.05, 4.69) is 10.6 Å². The molecule has 4 N–H and O–H groups in total.